The minimum atomic E-state index is -0.929. The van der Waals surface area contributed by atoms with Crippen molar-refractivity contribution < 1.29 is 28.9 Å². The third-order valence-corrected chi connectivity index (χ3v) is 4.17. The van der Waals surface area contributed by atoms with E-state index < -0.39 is 5.97 Å². The summed E-state index contributed by atoms with van der Waals surface area (Å²) < 4.78 is 16.0. The Morgan fingerprint density at radius 3 is 2.67 bits per heavy atom. The smallest absolute Gasteiger partial charge is 0.305 e. The molecule has 1 aliphatic rings. The Morgan fingerprint density at radius 1 is 1.33 bits per heavy atom. The maximum Gasteiger partial charge on any atom is 0.305 e. The van der Waals surface area contributed by atoms with Gasteiger partial charge in [0.1, 0.15) is 11.5 Å². The summed E-state index contributed by atoms with van der Waals surface area (Å²) in [5.41, 5.74) is 0.909. The SMILES string of the molecule is COc1ccc(OCC(=O)N2CC(OC)CC2CC(=O)O)cc1C. The van der Waals surface area contributed by atoms with Crippen LogP contribution in [0.5, 0.6) is 11.5 Å². The fourth-order valence-corrected chi connectivity index (χ4v) is 2.91. The van der Waals surface area contributed by atoms with Crippen molar-refractivity contribution in [2.24, 2.45) is 0 Å². The van der Waals surface area contributed by atoms with E-state index in [9.17, 15) is 9.59 Å². The highest BCUT2D eigenvalue weighted by atomic mass is 16.5. The number of amides is 1. The summed E-state index contributed by atoms with van der Waals surface area (Å²) in [4.78, 5) is 24.9. The number of methoxy groups -OCH3 is 2. The van der Waals surface area contributed by atoms with E-state index in [1.165, 1.54) is 0 Å². The van der Waals surface area contributed by atoms with Gasteiger partial charge in [-0.3, -0.25) is 9.59 Å². The molecule has 0 bridgehead atoms. The summed E-state index contributed by atoms with van der Waals surface area (Å²) in [7, 11) is 3.15. The fourth-order valence-electron chi connectivity index (χ4n) is 2.91. The van der Waals surface area contributed by atoms with Gasteiger partial charge in [0.15, 0.2) is 6.61 Å². The van der Waals surface area contributed by atoms with Gasteiger partial charge in [-0.15, -0.1) is 0 Å². The van der Waals surface area contributed by atoms with Crippen molar-refractivity contribution in [1.29, 1.82) is 0 Å². The van der Waals surface area contributed by atoms with Crippen LogP contribution >= 0.6 is 0 Å². The number of ether oxygens (including phenoxy) is 3. The van der Waals surface area contributed by atoms with E-state index in [1.54, 1.807) is 37.3 Å². The van der Waals surface area contributed by atoms with Crippen molar-refractivity contribution in [1.82, 2.24) is 4.90 Å². The molecule has 1 aromatic rings. The zero-order valence-corrected chi connectivity index (χ0v) is 14.2. The second-order valence-electron chi connectivity index (χ2n) is 5.81. The number of carboxylic acid groups (broad SMARTS) is 1. The normalized spacial score (nSPS) is 20.0. The summed E-state index contributed by atoms with van der Waals surface area (Å²) >= 11 is 0. The molecule has 0 radical (unpaired) electrons. The molecule has 7 nitrogen and oxygen atoms in total. The predicted molar refractivity (Wildman–Crippen MR) is 86.4 cm³/mol. The number of benzene rings is 1. The van der Waals surface area contributed by atoms with Gasteiger partial charge in [0.2, 0.25) is 0 Å². The Bertz CT molecular complexity index is 603. The first kappa shape index (κ1) is 18.1. The molecule has 2 rings (SSSR count). The molecule has 1 amide bonds. The molecular weight excluding hydrogens is 314 g/mol. The molecule has 24 heavy (non-hydrogen) atoms. The van der Waals surface area contributed by atoms with Crippen LogP contribution in [-0.4, -0.2) is 61.4 Å². The molecule has 0 saturated carbocycles. The van der Waals surface area contributed by atoms with Gasteiger partial charge in [0.25, 0.3) is 5.91 Å². The number of aryl methyl sites for hydroxylation is 1. The zero-order chi connectivity index (χ0) is 17.7. The van der Waals surface area contributed by atoms with Crippen molar-refractivity contribution in [2.75, 3.05) is 27.4 Å². The molecule has 2 unspecified atom stereocenters. The number of hydrogen-bond donors (Lipinski definition) is 1. The molecule has 2 atom stereocenters. The molecule has 0 aliphatic carbocycles. The first-order valence-corrected chi connectivity index (χ1v) is 7.76. The molecular formula is C17H23NO6. The Morgan fingerprint density at radius 2 is 2.08 bits per heavy atom. The van der Waals surface area contributed by atoms with Crippen molar-refractivity contribution >= 4 is 11.9 Å². The lowest BCUT2D eigenvalue weighted by atomic mass is 10.1. The van der Waals surface area contributed by atoms with Crippen molar-refractivity contribution in [2.45, 2.75) is 31.9 Å². The van der Waals surface area contributed by atoms with Gasteiger partial charge in [-0.05, 0) is 37.1 Å². The molecule has 1 N–H and O–H groups in total. The Balaban J connectivity index is 1.97. The van der Waals surface area contributed by atoms with E-state index >= 15 is 0 Å². The standard InChI is InChI=1S/C17H23NO6/c1-11-6-13(4-5-15(11)23-3)24-10-16(19)18-9-14(22-2)7-12(18)8-17(20)21/h4-6,12,14H,7-10H2,1-3H3,(H,20,21). The maximum atomic E-state index is 12.4. The van der Waals surface area contributed by atoms with Crippen LogP contribution in [0.3, 0.4) is 0 Å². The molecule has 132 valence electrons. The minimum absolute atomic E-state index is 0.0900. The number of aliphatic carboxylic acids is 1. The summed E-state index contributed by atoms with van der Waals surface area (Å²) in [6.07, 6.45) is 0.296. The van der Waals surface area contributed by atoms with Crippen molar-refractivity contribution in [3.05, 3.63) is 23.8 Å². The molecule has 1 saturated heterocycles. The van der Waals surface area contributed by atoms with Crippen LogP contribution in [0, 0.1) is 6.92 Å². The second-order valence-corrected chi connectivity index (χ2v) is 5.81. The topological polar surface area (TPSA) is 85.3 Å². The van der Waals surface area contributed by atoms with E-state index in [2.05, 4.69) is 0 Å². The monoisotopic (exact) mass is 337 g/mol. The van der Waals surface area contributed by atoms with Gasteiger partial charge in [-0.25, -0.2) is 0 Å². The Labute approximate surface area is 141 Å². The van der Waals surface area contributed by atoms with Crippen LogP contribution in [0.4, 0.5) is 0 Å². The molecule has 1 fully saturated rings. The lowest BCUT2D eigenvalue weighted by Gasteiger charge is -2.23. The minimum Gasteiger partial charge on any atom is -0.496 e. The van der Waals surface area contributed by atoms with Crippen molar-refractivity contribution in [3.8, 4) is 11.5 Å². The molecule has 1 aliphatic heterocycles. The number of carboxylic acids is 1. The van der Waals surface area contributed by atoms with Crippen LogP contribution in [0.25, 0.3) is 0 Å². The van der Waals surface area contributed by atoms with E-state index in [4.69, 9.17) is 19.3 Å². The summed E-state index contributed by atoms with van der Waals surface area (Å²) in [6, 6.07) is 4.94. The summed E-state index contributed by atoms with van der Waals surface area (Å²) in [6.45, 7) is 2.14. The van der Waals surface area contributed by atoms with Gasteiger partial charge in [-0.1, -0.05) is 0 Å². The van der Waals surface area contributed by atoms with E-state index in [0.717, 1.165) is 11.3 Å². The van der Waals surface area contributed by atoms with E-state index in [1.807, 2.05) is 6.92 Å². The van der Waals surface area contributed by atoms with Crippen LogP contribution in [0.15, 0.2) is 18.2 Å². The second kappa shape index (κ2) is 8.01. The largest absolute Gasteiger partial charge is 0.496 e. The highest BCUT2D eigenvalue weighted by Gasteiger charge is 2.36. The third kappa shape index (κ3) is 4.38. The predicted octanol–water partition coefficient (Wildman–Crippen LogP) is 1.47. The first-order chi connectivity index (χ1) is 11.4. The maximum absolute atomic E-state index is 12.4. The van der Waals surface area contributed by atoms with Crippen LogP contribution < -0.4 is 9.47 Å². The van der Waals surface area contributed by atoms with E-state index in [-0.39, 0.29) is 31.1 Å². The number of likely N-dealkylation sites (tertiary alicyclic amines) is 1. The van der Waals surface area contributed by atoms with E-state index in [0.29, 0.717) is 18.7 Å². The third-order valence-electron chi connectivity index (χ3n) is 4.17. The number of rotatable bonds is 7. The number of nitrogens with zero attached hydrogens (tertiary/aromatic N) is 1. The number of hydrogen-bond acceptors (Lipinski definition) is 5. The van der Waals surface area contributed by atoms with Gasteiger partial charge >= 0.3 is 5.97 Å². The number of carbonyl (C=O) groups is 2. The van der Waals surface area contributed by atoms with Crippen LogP contribution in [-0.2, 0) is 14.3 Å². The quantitative estimate of drug-likeness (QED) is 0.811. The Kier molecular flexibility index (Phi) is 6.03. The fraction of sp³-hybridized carbons (Fsp3) is 0.529. The lowest BCUT2D eigenvalue weighted by molar-refractivity contribution is -0.140. The average Bonchev–Trinajstić information content (AvgIpc) is 2.95. The number of carbonyl (C=O) groups excluding carboxylic acids is 1. The summed E-state index contributed by atoms with van der Waals surface area (Å²) in [5.74, 6) is 0.145. The van der Waals surface area contributed by atoms with Crippen molar-refractivity contribution in [3.63, 3.8) is 0 Å². The molecule has 1 heterocycles. The first-order valence-electron chi connectivity index (χ1n) is 7.76. The average molecular weight is 337 g/mol. The Hall–Kier alpha value is -2.28. The summed E-state index contributed by atoms with van der Waals surface area (Å²) in [5, 5.41) is 9.00. The van der Waals surface area contributed by atoms with Gasteiger partial charge in [0, 0.05) is 19.7 Å². The highest BCUT2D eigenvalue weighted by Crippen LogP contribution is 2.25. The van der Waals surface area contributed by atoms with Crippen LogP contribution in [0.2, 0.25) is 0 Å². The lowest BCUT2D eigenvalue weighted by Crippen LogP contribution is -2.40. The molecule has 0 spiro atoms. The van der Waals surface area contributed by atoms with Gasteiger partial charge in [-0.2, -0.15) is 0 Å². The van der Waals surface area contributed by atoms with Crippen LogP contribution in [0.1, 0.15) is 18.4 Å². The molecule has 0 aromatic heterocycles. The zero-order valence-electron chi connectivity index (χ0n) is 14.2. The molecule has 7 heteroatoms. The van der Waals surface area contributed by atoms with Gasteiger partial charge < -0.3 is 24.2 Å². The van der Waals surface area contributed by atoms with Gasteiger partial charge in [0.05, 0.1) is 19.6 Å². The highest BCUT2D eigenvalue weighted by molar-refractivity contribution is 5.79. The molecule has 1 aromatic carbocycles.